The molecule has 0 saturated carbocycles. The second-order valence-corrected chi connectivity index (χ2v) is 5.24. The largest absolute Gasteiger partial charge is 0.324 e. The average molecular weight is 246 g/mol. The van der Waals surface area contributed by atoms with E-state index in [4.69, 9.17) is 0 Å². The Kier molecular flexibility index (Phi) is 3.71. The third-order valence-electron chi connectivity index (χ3n) is 3.92. The molecule has 1 fully saturated rings. The van der Waals surface area contributed by atoms with E-state index in [9.17, 15) is 4.79 Å². The molecule has 0 aliphatic carbocycles. The summed E-state index contributed by atoms with van der Waals surface area (Å²) in [6, 6.07) is 6.14. The standard InChI is InChI=1S/C15H22N2O/c1-4-15(8-5-9-16-15)14(18)17-13-10-11(2)6-7-12(13)3/h6-7,10,16H,4-5,8-9H2,1-3H3,(H,17,18). The predicted molar refractivity (Wildman–Crippen MR) is 74.8 cm³/mol. The Morgan fingerprint density at radius 2 is 2.22 bits per heavy atom. The van der Waals surface area contributed by atoms with Crippen LogP contribution in [0.2, 0.25) is 0 Å². The highest BCUT2D eigenvalue weighted by Gasteiger charge is 2.39. The van der Waals surface area contributed by atoms with Crippen LogP contribution in [0.15, 0.2) is 18.2 Å². The van der Waals surface area contributed by atoms with E-state index in [1.54, 1.807) is 0 Å². The fourth-order valence-electron chi connectivity index (χ4n) is 2.57. The summed E-state index contributed by atoms with van der Waals surface area (Å²) in [6.45, 7) is 7.07. The van der Waals surface area contributed by atoms with Crippen molar-refractivity contribution in [3.63, 3.8) is 0 Å². The fourth-order valence-corrected chi connectivity index (χ4v) is 2.57. The number of anilines is 1. The van der Waals surface area contributed by atoms with Gasteiger partial charge >= 0.3 is 0 Å². The number of rotatable bonds is 3. The van der Waals surface area contributed by atoms with Gasteiger partial charge in [-0.05, 0) is 56.8 Å². The Bertz CT molecular complexity index is 448. The van der Waals surface area contributed by atoms with Crippen molar-refractivity contribution in [1.82, 2.24) is 5.32 Å². The van der Waals surface area contributed by atoms with Gasteiger partial charge in [0.25, 0.3) is 0 Å². The van der Waals surface area contributed by atoms with Gasteiger partial charge < -0.3 is 10.6 Å². The molecular formula is C15H22N2O. The van der Waals surface area contributed by atoms with E-state index < -0.39 is 0 Å². The Morgan fingerprint density at radius 3 is 2.83 bits per heavy atom. The Labute approximate surface area is 109 Å². The lowest BCUT2D eigenvalue weighted by atomic mass is 9.93. The van der Waals surface area contributed by atoms with Crippen LogP contribution in [0.5, 0.6) is 0 Å². The van der Waals surface area contributed by atoms with Crippen LogP contribution in [0.4, 0.5) is 5.69 Å². The van der Waals surface area contributed by atoms with Gasteiger partial charge in [0.05, 0.1) is 5.54 Å². The van der Waals surface area contributed by atoms with Crippen LogP contribution >= 0.6 is 0 Å². The number of nitrogens with one attached hydrogen (secondary N) is 2. The monoisotopic (exact) mass is 246 g/mol. The molecule has 1 aromatic carbocycles. The van der Waals surface area contributed by atoms with Gasteiger partial charge in [-0.2, -0.15) is 0 Å². The lowest BCUT2D eigenvalue weighted by Crippen LogP contribution is -2.50. The second-order valence-electron chi connectivity index (χ2n) is 5.24. The van der Waals surface area contributed by atoms with Gasteiger partial charge in [0.15, 0.2) is 0 Å². The third kappa shape index (κ3) is 2.41. The first-order valence-electron chi connectivity index (χ1n) is 6.71. The zero-order valence-electron chi connectivity index (χ0n) is 11.5. The first-order valence-corrected chi connectivity index (χ1v) is 6.71. The number of amides is 1. The summed E-state index contributed by atoms with van der Waals surface area (Å²) in [4.78, 5) is 12.5. The molecule has 2 rings (SSSR count). The normalized spacial score (nSPS) is 23.1. The van der Waals surface area contributed by atoms with Crippen LogP contribution in [0.25, 0.3) is 0 Å². The number of benzene rings is 1. The molecule has 0 bridgehead atoms. The maximum atomic E-state index is 12.5. The van der Waals surface area contributed by atoms with Crippen molar-refractivity contribution < 1.29 is 4.79 Å². The van der Waals surface area contributed by atoms with Gasteiger partial charge in [0.2, 0.25) is 5.91 Å². The molecule has 0 radical (unpaired) electrons. The smallest absolute Gasteiger partial charge is 0.244 e. The molecular weight excluding hydrogens is 224 g/mol. The summed E-state index contributed by atoms with van der Waals surface area (Å²) in [5.41, 5.74) is 2.84. The van der Waals surface area contributed by atoms with Crippen LogP contribution in [0.1, 0.15) is 37.3 Å². The summed E-state index contributed by atoms with van der Waals surface area (Å²) in [7, 11) is 0. The summed E-state index contributed by atoms with van der Waals surface area (Å²) in [5, 5.41) is 6.45. The first kappa shape index (κ1) is 13.1. The molecule has 2 N–H and O–H groups in total. The zero-order valence-corrected chi connectivity index (χ0v) is 11.5. The van der Waals surface area contributed by atoms with Crippen molar-refractivity contribution in [1.29, 1.82) is 0 Å². The number of aryl methyl sites for hydroxylation is 2. The Balaban J connectivity index is 2.18. The van der Waals surface area contributed by atoms with Crippen LogP contribution < -0.4 is 10.6 Å². The van der Waals surface area contributed by atoms with Gasteiger partial charge in [-0.15, -0.1) is 0 Å². The topological polar surface area (TPSA) is 41.1 Å². The molecule has 1 heterocycles. The van der Waals surface area contributed by atoms with Crippen LogP contribution in [-0.2, 0) is 4.79 Å². The molecule has 1 saturated heterocycles. The van der Waals surface area contributed by atoms with E-state index in [1.165, 1.54) is 5.56 Å². The maximum absolute atomic E-state index is 12.5. The van der Waals surface area contributed by atoms with Crippen molar-refractivity contribution in [3.8, 4) is 0 Å². The summed E-state index contributed by atoms with van der Waals surface area (Å²) >= 11 is 0. The van der Waals surface area contributed by atoms with Gasteiger partial charge in [-0.25, -0.2) is 0 Å². The van der Waals surface area contributed by atoms with Crippen molar-refractivity contribution in [3.05, 3.63) is 29.3 Å². The van der Waals surface area contributed by atoms with E-state index in [0.717, 1.165) is 37.1 Å². The highest BCUT2D eigenvalue weighted by atomic mass is 16.2. The SMILES string of the molecule is CCC1(C(=O)Nc2cc(C)ccc2C)CCCN1. The minimum Gasteiger partial charge on any atom is -0.324 e. The van der Waals surface area contributed by atoms with Crippen LogP contribution in [0.3, 0.4) is 0 Å². The Hall–Kier alpha value is -1.35. The fraction of sp³-hybridized carbons (Fsp3) is 0.533. The minimum absolute atomic E-state index is 0.108. The third-order valence-corrected chi connectivity index (χ3v) is 3.92. The zero-order chi connectivity index (χ0) is 13.2. The molecule has 18 heavy (non-hydrogen) atoms. The molecule has 98 valence electrons. The average Bonchev–Trinajstić information content (AvgIpc) is 2.84. The highest BCUT2D eigenvalue weighted by Crippen LogP contribution is 2.26. The molecule has 1 aliphatic rings. The van der Waals surface area contributed by atoms with Crippen molar-refractivity contribution >= 4 is 11.6 Å². The molecule has 3 heteroatoms. The molecule has 1 aromatic rings. The van der Waals surface area contributed by atoms with Crippen molar-refractivity contribution in [2.45, 2.75) is 45.6 Å². The van der Waals surface area contributed by atoms with Crippen LogP contribution in [0, 0.1) is 13.8 Å². The summed E-state index contributed by atoms with van der Waals surface area (Å²) in [5.74, 6) is 0.108. The lowest BCUT2D eigenvalue weighted by Gasteiger charge is -2.27. The number of carbonyl (C=O) groups excluding carboxylic acids is 1. The summed E-state index contributed by atoms with van der Waals surface area (Å²) < 4.78 is 0. The summed E-state index contributed by atoms with van der Waals surface area (Å²) in [6.07, 6.45) is 2.85. The van der Waals surface area contributed by atoms with E-state index in [2.05, 4.69) is 23.6 Å². The number of hydrogen-bond donors (Lipinski definition) is 2. The molecule has 0 spiro atoms. The highest BCUT2D eigenvalue weighted by molar-refractivity contribution is 5.98. The van der Waals surface area contributed by atoms with Gasteiger partial charge in [-0.1, -0.05) is 19.1 Å². The molecule has 0 aromatic heterocycles. The van der Waals surface area contributed by atoms with E-state index in [-0.39, 0.29) is 11.4 Å². The quantitative estimate of drug-likeness (QED) is 0.861. The lowest BCUT2D eigenvalue weighted by molar-refractivity contribution is -0.122. The molecule has 1 atom stereocenters. The minimum atomic E-state index is -0.365. The van der Waals surface area contributed by atoms with E-state index in [1.807, 2.05) is 26.0 Å². The second kappa shape index (κ2) is 5.11. The van der Waals surface area contributed by atoms with E-state index in [0.29, 0.717) is 0 Å². The van der Waals surface area contributed by atoms with E-state index >= 15 is 0 Å². The maximum Gasteiger partial charge on any atom is 0.244 e. The Morgan fingerprint density at radius 1 is 1.44 bits per heavy atom. The molecule has 1 amide bonds. The molecule has 1 unspecified atom stereocenters. The molecule has 3 nitrogen and oxygen atoms in total. The molecule has 1 aliphatic heterocycles. The van der Waals surface area contributed by atoms with Gasteiger partial charge in [0.1, 0.15) is 0 Å². The van der Waals surface area contributed by atoms with Crippen LogP contribution in [-0.4, -0.2) is 18.0 Å². The number of hydrogen-bond acceptors (Lipinski definition) is 2. The van der Waals surface area contributed by atoms with Gasteiger partial charge in [0, 0.05) is 5.69 Å². The van der Waals surface area contributed by atoms with Gasteiger partial charge in [-0.3, -0.25) is 4.79 Å². The first-order chi connectivity index (χ1) is 8.57. The van der Waals surface area contributed by atoms with Crippen molar-refractivity contribution in [2.24, 2.45) is 0 Å². The van der Waals surface area contributed by atoms with Crippen molar-refractivity contribution in [2.75, 3.05) is 11.9 Å². The number of carbonyl (C=O) groups is 1. The predicted octanol–water partition coefficient (Wildman–Crippen LogP) is 2.77.